The highest BCUT2D eigenvalue weighted by atomic mass is 19.1. The fourth-order valence-electron chi connectivity index (χ4n) is 6.82. The van der Waals surface area contributed by atoms with Crippen molar-refractivity contribution in [3.05, 3.63) is 105 Å². The molecule has 4 aromatic heterocycles. The first kappa shape index (κ1) is 37.9. The molecule has 0 unspecified atom stereocenters. The van der Waals surface area contributed by atoms with E-state index in [2.05, 4.69) is 20.6 Å². The van der Waals surface area contributed by atoms with Gasteiger partial charge in [-0.1, -0.05) is 0 Å². The molecule has 0 bridgehead atoms. The molecule has 0 radical (unpaired) electrons. The maximum absolute atomic E-state index is 13.1. The smallest absolute Gasteiger partial charge is 0.251 e. The molecular weight excluding hydrogens is 719 g/mol. The van der Waals surface area contributed by atoms with Gasteiger partial charge in [-0.2, -0.15) is 0 Å². The summed E-state index contributed by atoms with van der Waals surface area (Å²) in [4.78, 5) is 56.9. The van der Waals surface area contributed by atoms with Crippen molar-refractivity contribution in [2.24, 2.45) is 11.8 Å². The van der Waals surface area contributed by atoms with Crippen LogP contribution >= 0.6 is 0 Å². The molecule has 2 aromatic carbocycles. The fourth-order valence-corrected chi connectivity index (χ4v) is 6.82. The van der Waals surface area contributed by atoms with E-state index >= 15 is 0 Å². The number of hydrogen-bond acceptors (Lipinski definition) is 8. The summed E-state index contributed by atoms with van der Waals surface area (Å²) in [6.07, 6.45) is 5.25. The van der Waals surface area contributed by atoms with E-state index in [9.17, 15) is 28.0 Å². The van der Waals surface area contributed by atoms with E-state index in [-0.39, 0.29) is 35.8 Å². The molecule has 288 valence electrons. The van der Waals surface area contributed by atoms with Gasteiger partial charge < -0.3 is 31.2 Å². The number of anilines is 4. The van der Waals surface area contributed by atoms with E-state index in [0.29, 0.717) is 36.1 Å². The van der Waals surface area contributed by atoms with Gasteiger partial charge in [-0.25, -0.2) is 18.7 Å². The Labute approximate surface area is 320 Å². The highest BCUT2D eigenvalue weighted by molar-refractivity contribution is 6.01. The van der Waals surface area contributed by atoms with Gasteiger partial charge in [-0.05, 0) is 121 Å². The molecule has 14 heteroatoms. The van der Waals surface area contributed by atoms with Crippen LogP contribution in [0.3, 0.4) is 0 Å². The Morgan fingerprint density at radius 1 is 0.679 bits per heavy atom. The van der Waals surface area contributed by atoms with Crippen LogP contribution in [-0.4, -0.2) is 43.3 Å². The van der Waals surface area contributed by atoms with Crippen LogP contribution in [0.5, 0.6) is 0 Å². The molecular formula is C42H42F2N8O4. The van der Waals surface area contributed by atoms with Gasteiger partial charge in [0, 0.05) is 72.2 Å². The number of benzene rings is 2. The van der Waals surface area contributed by atoms with Gasteiger partial charge in [-0.3, -0.25) is 19.2 Å². The topological polar surface area (TPSA) is 180 Å². The molecule has 8 rings (SSSR count). The van der Waals surface area contributed by atoms with Crippen molar-refractivity contribution >= 4 is 56.4 Å². The van der Waals surface area contributed by atoms with Gasteiger partial charge >= 0.3 is 0 Å². The number of pyridine rings is 4. The van der Waals surface area contributed by atoms with Crippen LogP contribution in [0.1, 0.15) is 37.8 Å². The predicted molar refractivity (Wildman–Crippen MR) is 216 cm³/mol. The maximum atomic E-state index is 13.1. The highest BCUT2D eigenvalue weighted by Gasteiger charge is 2.44. The number of nitrogens with one attached hydrogen (secondary N) is 2. The Morgan fingerprint density at radius 3 is 1.39 bits per heavy atom. The molecule has 4 heterocycles. The third-order valence-electron chi connectivity index (χ3n) is 10.3. The quantitative estimate of drug-likeness (QED) is 0.126. The van der Waals surface area contributed by atoms with Crippen LogP contribution in [0.4, 0.5) is 31.8 Å². The van der Waals surface area contributed by atoms with E-state index in [1.165, 1.54) is 0 Å². The lowest BCUT2D eigenvalue weighted by atomic mass is 9.98. The highest BCUT2D eigenvalue weighted by Crippen LogP contribution is 2.37. The number of hydrogen-bond donors (Lipinski definition) is 4. The minimum Gasteiger partial charge on any atom is -0.398 e. The Hall–Kier alpha value is -6.44. The summed E-state index contributed by atoms with van der Waals surface area (Å²) in [6.45, 7) is 8.95. The van der Waals surface area contributed by atoms with Crippen molar-refractivity contribution in [1.29, 1.82) is 0 Å². The number of halogens is 2. The van der Waals surface area contributed by atoms with E-state index < -0.39 is 24.2 Å². The summed E-state index contributed by atoms with van der Waals surface area (Å²) in [5.41, 5.74) is 18.5. The number of aromatic nitrogens is 4. The summed E-state index contributed by atoms with van der Waals surface area (Å²) in [6, 6.07) is 14.1. The fraction of sp³-hybridized carbons (Fsp3) is 0.286. The molecule has 4 atom stereocenters. The van der Waals surface area contributed by atoms with Crippen LogP contribution in [0.2, 0.25) is 0 Å². The molecule has 6 N–H and O–H groups in total. The molecule has 2 fully saturated rings. The molecule has 56 heavy (non-hydrogen) atoms. The monoisotopic (exact) mass is 760 g/mol. The number of nitrogen functional groups attached to an aromatic ring is 2. The first-order valence-electron chi connectivity index (χ1n) is 18.5. The number of carbonyl (C=O) groups is 2. The van der Waals surface area contributed by atoms with E-state index in [0.717, 1.165) is 54.9 Å². The van der Waals surface area contributed by atoms with Gasteiger partial charge in [0.1, 0.15) is 24.0 Å². The normalized spacial score (nSPS) is 18.2. The average Bonchev–Trinajstić information content (AvgIpc) is 4.09. The van der Waals surface area contributed by atoms with Gasteiger partial charge in [-0.15, -0.1) is 0 Å². The first-order chi connectivity index (χ1) is 26.7. The Balaban J connectivity index is 0.000000172. The minimum atomic E-state index is -1.06. The lowest BCUT2D eigenvalue weighted by molar-refractivity contribution is -0.118. The third kappa shape index (κ3) is 7.72. The number of amides is 2. The molecule has 2 aliphatic carbocycles. The van der Waals surface area contributed by atoms with E-state index in [4.69, 9.17) is 11.5 Å². The predicted octanol–water partition coefficient (Wildman–Crippen LogP) is 6.54. The maximum Gasteiger partial charge on any atom is 0.251 e. The van der Waals surface area contributed by atoms with Crippen LogP contribution < -0.4 is 33.2 Å². The molecule has 0 saturated heterocycles. The van der Waals surface area contributed by atoms with Crippen molar-refractivity contribution < 1.29 is 18.4 Å². The number of aryl methyl sites for hydroxylation is 4. The van der Waals surface area contributed by atoms with Crippen molar-refractivity contribution in [3.8, 4) is 22.3 Å². The zero-order chi connectivity index (χ0) is 40.0. The largest absolute Gasteiger partial charge is 0.398 e. The third-order valence-corrected chi connectivity index (χ3v) is 10.3. The lowest BCUT2D eigenvalue weighted by Gasteiger charge is -2.12. The molecule has 12 nitrogen and oxygen atoms in total. The summed E-state index contributed by atoms with van der Waals surface area (Å²) in [5.74, 6) is -1.18. The van der Waals surface area contributed by atoms with E-state index in [1.54, 1.807) is 45.8 Å². The van der Waals surface area contributed by atoms with Gasteiger partial charge in [0.05, 0.1) is 11.8 Å². The molecule has 0 aliphatic heterocycles. The summed E-state index contributed by atoms with van der Waals surface area (Å²) in [7, 11) is 0. The van der Waals surface area contributed by atoms with Gasteiger partial charge in [0.15, 0.2) is 0 Å². The Morgan fingerprint density at radius 2 is 1.05 bits per heavy atom. The lowest BCUT2D eigenvalue weighted by Crippen LogP contribution is -2.18. The van der Waals surface area contributed by atoms with Crippen LogP contribution in [0.25, 0.3) is 43.8 Å². The second-order valence-electron chi connectivity index (χ2n) is 14.4. The molecule has 0 spiro atoms. The molecule has 6 aromatic rings. The first-order valence-corrected chi connectivity index (χ1v) is 18.5. The number of alkyl halides is 2. The number of rotatable bonds is 8. The molecule has 2 saturated carbocycles. The van der Waals surface area contributed by atoms with Crippen LogP contribution in [0.15, 0.2) is 82.9 Å². The average molecular weight is 761 g/mol. The van der Waals surface area contributed by atoms with Crippen molar-refractivity contribution in [3.63, 3.8) is 0 Å². The van der Waals surface area contributed by atoms with Crippen molar-refractivity contribution in [1.82, 2.24) is 19.1 Å². The van der Waals surface area contributed by atoms with Gasteiger partial charge in [0.25, 0.3) is 11.1 Å². The standard InChI is InChI=1S/2C21H21FN4O2/c2*1-3-26-10-11(2)14(8-20(26)27)12-4-13-6-19(24-9-16(13)18(23)5-12)25-21(28)15-7-17(15)22/h2*4-6,8-10,15,17H,3,7,23H2,1-2H3,(H,24,25,28)/t2*15-,17+/m10/s1. The molecule has 2 aliphatic rings. The minimum absolute atomic E-state index is 0.0744. The summed E-state index contributed by atoms with van der Waals surface area (Å²) < 4.78 is 29.4. The number of nitrogens with zero attached hydrogens (tertiary/aromatic N) is 4. The number of carbonyl (C=O) groups excluding carboxylic acids is 2. The van der Waals surface area contributed by atoms with Gasteiger partial charge in [0.2, 0.25) is 11.8 Å². The SMILES string of the molecule is CCn1cc(C)c(-c2cc(N)c3cnc(NC(=O)[C@@H]4C[C@@H]4F)cc3c2)cc1=O.CCn1cc(C)c(-c2cc(N)c3cnc(NC(=O)[C@H]4C[C@H]4F)cc3c2)cc1=O. The number of fused-ring (bicyclic) bond motifs is 2. The van der Waals surface area contributed by atoms with E-state index in [1.807, 2.05) is 64.4 Å². The summed E-state index contributed by atoms with van der Waals surface area (Å²) >= 11 is 0. The van der Waals surface area contributed by atoms with Crippen molar-refractivity contribution in [2.45, 2.75) is 66.0 Å². The second-order valence-corrected chi connectivity index (χ2v) is 14.4. The Bertz CT molecular complexity index is 2490. The summed E-state index contributed by atoms with van der Waals surface area (Å²) in [5, 5.41) is 8.37. The van der Waals surface area contributed by atoms with Crippen LogP contribution in [-0.2, 0) is 22.7 Å². The van der Waals surface area contributed by atoms with Crippen LogP contribution in [0, 0.1) is 25.7 Å². The molecule has 2 amide bonds. The zero-order valence-corrected chi connectivity index (χ0v) is 31.4. The zero-order valence-electron chi connectivity index (χ0n) is 31.4. The number of nitrogens with two attached hydrogens (primary N) is 2. The van der Waals surface area contributed by atoms with Crippen molar-refractivity contribution in [2.75, 3.05) is 22.1 Å². The Kier molecular flexibility index (Phi) is 10.1. The second kappa shape index (κ2) is 15.0.